The average molecular weight is 357 g/mol. The maximum absolute atomic E-state index is 12.2. The van der Waals surface area contributed by atoms with Crippen molar-refractivity contribution in [3.63, 3.8) is 0 Å². The first kappa shape index (κ1) is 16.7. The van der Waals surface area contributed by atoms with Gasteiger partial charge in [0, 0.05) is 11.8 Å². The standard InChI is InChI=1S/C17H15N3O4S/c1-2-23-17(22)18-11-5-3-6-12(9-11)24-16(21)14-10-13(19-20-14)15-7-4-8-25-15/h3-10H,2H2,1H3,(H,18,22)(H,19,20). The molecule has 0 saturated carbocycles. The van der Waals surface area contributed by atoms with Crippen LogP contribution in [-0.2, 0) is 4.74 Å². The van der Waals surface area contributed by atoms with Crippen molar-refractivity contribution in [2.24, 2.45) is 0 Å². The van der Waals surface area contributed by atoms with E-state index in [2.05, 4.69) is 15.5 Å². The minimum absolute atomic E-state index is 0.173. The molecule has 0 saturated heterocycles. The molecule has 3 aromatic rings. The van der Waals surface area contributed by atoms with Gasteiger partial charge in [-0.3, -0.25) is 10.4 Å². The van der Waals surface area contributed by atoms with Crippen molar-refractivity contribution in [3.05, 3.63) is 53.5 Å². The SMILES string of the molecule is CCOC(=O)Nc1cccc(OC(=O)c2cc(-c3cccs3)[nH]n2)c1. The zero-order valence-corrected chi connectivity index (χ0v) is 14.1. The molecule has 7 nitrogen and oxygen atoms in total. The van der Waals surface area contributed by atoms with Gasteiger partial charge in [-0.05, 0) is 36.6 Å². The smallest absolute Gasteiger partial charge is 0.411 e. The molecule has 0 fully saturated rings. The van der Waals surface area contributed by atoms with Crippen LogP contribution in [0.4, 0.5) is 10.5 Å². The molecular weight excluding hydrogens is 342 g/mol. The fourth-order valence-corrected chi connectivity index (χ4v) is 2.76. The molecule has 1 aromatic carbocycles. The first-order chi connectivity index (χ1) is 12.2. The number of rotatable bonds is 5. The third-order valence-corrected chi connectivity index (χ3v) is 4.04. The average Bonchev–Trinajstić information content (AvgIpc) is 3.27. The van der Waals surface area contributed by atoms with E-state index in [0.29, 0.717) is 11.4 Å². The third-order valence-electron chi connectivity index (χ3n) is 3.14. The lowest BCUT2D eigenvalue weighted by Gasteiger charge is -2.07. The second-order valence-electron chi connectivity index (χ2n) is 4.91. The number of carbonyl (C=O) groups is 2. The van der Waals surface area contributed by atoms with Gasteiger partial charge in [0.15, 0.2) is 5.69 Å². The molecular formula is C17H15N3O4S. The van der Waals surface area contributed by atoms with Crippen molar-refractivity contribution in [3.8, 4) is 16.3 Å². The Labute approximate surface area is 147 Å². The summed E-state index contributed by atoms with van der Waals surface area (Å²) in [4.78, 5) is 24.6. The number of ether oxygens (including phenoxy) is 2. The number of benzene rings is 1. The number of H-pyrrole nitrogens is 1. The highest BCUT2D eigenvalue weighted by atomic mass is 32.1. The predicted octanol–water partition coefficient (Wildman–Crippen LogP) is 3.93. The van der Waals surface area contributed by atoms with Crippen LogP contribution >= 0.6 is 11.3 Å². The fourth-order valence-electron chi connectivity index (χ4n) is 2.07. The Morgan fingerprint density at radius 1 is 1.24 bits per heavy atom. The van der Waals surface area contributed by atoms with Gasteiger partial charge in [0.2, 0.25) is 0 Å². The number of thiophene rings is 1. The maximum atomic E-state index is 12.2. The minimum atomic E-state index is -0.590. The molecule has 0 radical (unpaired) electrons. The lowest BCUT2D eigenvalue weighted by molar-refractivity contribution is 0.0728. The van der Waals surface area contributed by atoms with Crippen LogP contribution in [0, 0.1) is 0 Å². The van der Waals surface area contributed by atoms with Crippen LogP contribution in [0.3, 0.4) is 0 Å². The number of anilines is 1. The summed E-state index contributed by atoms with van der Waals surface area (Å²) in [5.74, 6) is -0.299. The molecule has 3 rings (SSSR count). The van der Waals surface area contributed by atoms with Gasteiger partial charge >= 0.3 is 12.1 Å². The summed E-state index contributed by atoms with van der Waals surface area (Å²) in [7, 11) is 0. The van der Waals surface area contributed by atoms with Gasteiger partial charge in [-0.25, -0.2) is 9.59 Å². The van der Waals surface area contributed by atoms with Crippen LogP contribution in [0.1, 0.15) is 17.4 Å². The van der Waals surface area contributed by atoms with Crippen LogP contribution in [0.5, 0.6) is 5.75 Å². The van der Waals surface area contributed by atoms with Crippen LogP contribution in [0.15, 0.2) is 47.8 Å². The number of carbonyl (C=O) groups excluding carboxylic acids is 2. The zero-order valence-electron chi connectivity index (χ0n) is 13.3. The summed E-state index contributed by atoms with van der Waals surface area (Å²) in [6.07, 6.45) is -0.570. The lowest BCUT2D eigenvalue weighted by Crippen LogP contribution is -2.13. The predicted molar refractivity (Wildman–Crippen MR) is 93.9 cm³/mol. The maximum Gasteiger partial charge on any atom is 0.411 e. The number of aromatic nitrogens is 2. The summed E-state index contributed by atoms with van der Waals surface area (Å²) in [5, 5.41) is 11.3. The topological polar surface area (TPSA) is 93.3 Å². The normalized spacial score (nSPS) is 10.3. The molecule has 2 N–H and O–H groups in total. The van der Waals surface area contributed by atoms with Gasteiger partial charge in [0.05, 0.1) is 17.2 Å². The molecule has 0 atom stereocenters. The van der Waals surface area contributed by atoms with E-state index in [1.54, 1.807) is 42.5 Å². The minimum Gasteiger partial charge on any atom is -0.450 e. The largest absolute Gasteiger partial charge is 0.450 e. The quantitative estimate of drug-likeness (QED) is 0.533. The highest BCUT2D eigenvalue weighted by Crippen LogP contribution is 2.24. The Morgan fingerprint density at radius 3 is 2.88 bits per heavy atom. The number of hydrogen-bond acceptors (Lipinski definition) is 6. The Balaban J connectivity index is 1.68. The van der Waals surface area contributed by atoms with Crippen LogP contribution in [-0.4, -0.2) is 28.9 Å². The van der Waals surface area contributed by atoms with E-state index in [1.165, 1.54) is 6.07 Å². The molecule has 0 unspecified atom stereocenters. The van der Waals surface area contributed by atoms with E-state index < -0.39 is 12.1 Å². The number of esters is 1. The van der Waals surface area contributed by atoms with Crippen molar-refractivity contribution in [1.29, 1.82) is 0 Å². The molecule has 0 bridgehead atoms. The van der Waals surface area contributed by atoms with E-state index in [4.69, 9.17) is 9.47 Å². The summed E-state index contributed by atoms with van der Waals surface area (Å²) in [6, 6.07) is 11.9. The molecule has 8 heteroatoms. The van der Waals surface area contributed by atoms with Gasteiger partial charge in [-0.1, -0.05) is 12.1 Å². The summed E-state index contributed by atoms with van der Waals surface area (Å²) in [6.45, 7) is 1.98. The first-order valence-corrected chi connectivity index (χ1v) is 8.39. The van der Waals surface area contributed by atoms with Crippen molar-refractivity contribution in [2.75, 3.05) is 11.9 Å². The Bertz CT molecular complexity index is 874. The molecule has 0 aliphatic carbocycles. The first-order valence-electron chi connectivity index (χ1n) is 7.51. The number of amides is 1. The summed E-state index contributed by atoms with van der Waals surface area (Å²) >= 11 is 1.54. The summed E-state index contributed by atoms with van der Waals surface area (Å²) < 4.78 is 10.1. The van der Waals surface area contributed by atoms with Crippen molar-refractivity contribution in [1.82, 2.24) is 10.2 Å². The van der Waals surface area contributed by atoms with E-state index in [-0.39, 0.29) is 12.3 Å². The molecule has 25 heavy (non-hydrogen) atoms. The van der Waals surface area contributed by atoms with Crippen molar-refractivity contribution in [2.45, 2.75) is 6.92 Å². The Hall–Kier alpha value is -3.13. The van der Waals surface area contributed by atoms with Gasteiger partial charge in [-0.15, -0.1) is 11.3 Å². The Morgan fingerprint density at radius 2 is 2.12 bits per heavy atom. The highest BCUT2D eigenvalue weighted by Gasteiger charge is 2.15. The van der Waals surface area contributed by atoms with Gasteiger partial charge in [0.1, 0.15) is 5.75 Å². The molecule has 2 heterocycles. The Kier molecular flexibility index (Phi) is 5.10. The van der Waals surface area contributed by atoms with Crippen LogP contribution in [0.2, 0.25) is 0 Å². The van der Waals surface area contributed by atoms with E-state index in [0.717, 1.165) is 10.6 Å². The lowest BCUT2D eigenvalue weighted by atomic mass is 10.3. The highest BCUT2D eigenvalue weighted by molar-refractivity contribution is 7.13. The van der Waals surface area contributed by atoms with Gasteiger partial charge in [-0.2, -0.15) is 5.10 Å². The molecule has 1 amide bonds. The van der Waals surface area contributed by atoms with Crippen LogP contribution < -0.4 is 10.1 Å². The van der Waals surface area contributed by atoms with E-state index >= 15 is 0 Å². The third kappa shape index (κ3) is 4.24. The summed E-state index contributed by atoms with van der Waals surface area (Å²) in [5.41, 5.74) is 1.39. The van der Waals surface area contributed by atoms with E-state index in [9.17, 15) is 9.59 Å². The second kappa shape index (κ2) is 7.63. The molecule has 128 valence electrons. The van der Waals surface area contributed by atoms with Gasteiger partial charge in [0.25, 0.3) is 0 Å². The second-order valence-corrected chi connectivity index (χ2v) is 5.85. The molecule has 0 spiro atoms. The zero-order chi connectivity index (χ0) is 17.6. The van der Waals surface area contributed by atoms with Crippen LogP contribution in [0.25, 0.3) is 10.6 Å². The molecule has 2 aromatic heterocycles. The molecule has 0 aliphatic rings. The van der Waals surface area contributed by atoms with Gasteiger partial charge < -0.3 is 9.47 Å². The van der Waals surface area contributed by atoms with Crippen molar-refractivity contribution < 1.29 is 19.1 Å². The monoisotopic (exact) mass is 357 g/mol. The van der Waals surface area contributed by atoms with Crippen molar-refractivity contribution >= 4 is 29.1 Å². The number of hydrogen-bond donors (Lipinski definition) is 2. The number of nitrogens with zero attached hydrogens (tertiary/aromatic N) is 1. The molecule has 0 aliphatic heterocycles. The number of nitrogens with one attached hydrogen (secondary N) is 2. The van der Waals surface area contributed by atoms with E-state index in [1.807, 2.05) is 17.5 Å². The number of aromatic amines is 1. The fraction of sp³-hybridized carbons (Fsp3) is 0.118.